The highest BCUT2D eigenvalue weighted by atomic mass is 127. The van der Waals surface area contributed by atoms with Crippen LogP contribution in [0, 0.1) is 3.70 Å². The van der Waals surface area contributed by atoms with E-state index in [0.29, 0.717) is 53.1 Å². The number of carbonyl (C=O) groups excluding carboxylic acids is 4. The number of halogens is 4. The topological polar surface area (TPSA) is 354 Å². The number of morpholine rings is 1. The standard InChI is InChI=1S/C23H21ClN4O3.C23H20N4O3.C18H18IN3O3.C14H12N2O.C12H18BNO3.C12H13BrN2O2.C8H6BrN/c1-23(2,3)31-22(29)28-18-6-5-14(17-13-25-9-8-19(17)30-4)11-16(18)21(27-28)15-7-10-26-20(24)12-15;1-29-20-5-6-24-13-19(20)15-2-3-17-12-26-23(18(17)10-15)16-4-7-25-21(11-16)27-8-9-30-14-22(27)28;1-18(2,3)25-17(23)22-14-6-5-11(9-12(14)16(19)21-22)13-10-20-8-7-15(13)24-4;1-17-14-4-5-15-9-13(14)10-2-3-11-7-16-8-12(11)6-10;1-11(2)12(3,4)17-13(16-11)9-8-14-7-6-10(9)15-5;1-12(2,3)17-11(16)15-10-5-4-9(13)6-8(10)7-14-15;9-8-2-1-6-4-10-5-7(6)3-8/h5-13H,1-4H3;2-7,10-11,13H,8-9,12,14H2,1H3;5-10H,1-4H3;2-6,8-9H,7H2,1H3;6-8H,1-5H3;4-7H,1-3H3;1-3,5H,4H2. The van der Waals surface area contributed by atoms with Crippen LogP contribution in [0.15, 0.2) is 268 Å². The Hall–Kier alpha value is -14.4. The number of anilines is 1. The molecule has 0 N–H and O–H groups in total. The van der Waals surface area contributed by atoms with Crippen LogP contribution in [0.2, 0.25) is 5.15 Å². The van der Waals surface area contributed by atoms with Crippen LogP contribution in [0.25, 0.3) is 88.5 Å². The highest BCUT2D eigenvalue weighted by molar-refractivity contribution is 14.1. The summed E-state index contributed by atoms with van der Waals surface area (Å²) in [5.74, 6) is 4.34. The van der Waals surface area contributed by atoms with Gasteiger partial charge in [-0.05, 0) is 284 Å². The van der Waals surface area contributed by atoms with Gasteiger partial charge in [0.15, 0.2) is 0 Å². The molecule has 32 nitrogen and oxygen atoms in total. The average Bonchev–Trinajstić information content (AvgIpc) is 1.58. The predicted molar refractivity (Wildman–Crippen MR) is 585 cm³/mol. The quantitative estimate of drug-likeness (QED) is 0.0448. The molecule has 10 aromatic heterocycles. The van der Waals surface area contributed by atoms with Gasteiger partial charge in [-0.25, -0.2) is 24.4 Å². The van der Waals surface area contributed by atoms with Crippen LogP contribution in [0.1, 0.15) is 129 Å². The number of ether oxygens (including phenoxy) is 9. The van der Waals surface area contributed by atoms with E-state index in [4.69, 9.17) is 68.5 Å². The lowest BCUT2D eigenvalue weighted by Gasteiger charge is -2.32. The molecule has 0 radical (unpaired) electrons. The van der Waals surface area contributed by atoms with Crippen molar-refractivity contribution in [3.05, 3.63) is 301 Å². The molecule has 15 heterocycles. The van der Waals surface area contributed by atoms with Crippen molar-refractivity contribution in [1.29, 1.82) is 0 Å². The fourth-order valence-electron chi connectivity index (χ4n) is 15.9. The lowest BCUT2D eigenvalue weighted by Crippen LogP contribution is -2.42. The molecule has 5 aliphatic heterocycles. The zero-order valence-corrected chi connectivity index (χ0v) is 90.4. The van der Waals surface area contributed by atoms with Gasteiger partial charge in [-0.1, -0.05) is 85.9 Å². The van der Waals surface area contributed by atoms with Crippen LogP contribution in [0.5, 0.6) is 28.7 Å². The zero-order chi connectivity index (χ0) is 105. The number of hydrogen-bond donors (Lipinski definition) is 0. The highest BCUT2D eigenvalue weighted by Gasteiger charge is 2.53. The van der Waals surface area contributed by atoms with E-state index < -0.39 is 42.2 Å². The first-order valence-electron chi connectivity index (χ1n) is 46.7. The first-order valence-corrected chi connectivity index (χ1v) is 49.7. The molecule has 16 aromatic rings. The number of benzene rings is 6. The van der Waals surface area contributed by atoms with E-state index in [2.05, 4.69) is 163 Å². The second-order valence-corrected chi connectivity index (χ2v) is 41.0. The monoisotopic (exact) mass is 2240 g/mol. The van der Waals surface area contributed by atoms with Crippen molar-refractivity contribution < 1.29 is 71.1 Å². The summed E-state index contributed by atoms with van der Waals surface area (Å²) in [5.41, 5.74) is 18.5. The van der Waals surface area contributed by atoms with Crippen molar-refractivity contribution in [2.45, 2.75) is 138 Å². The molecule has 5 aliphatic rings. The van der Waals surface area contributed by atoms with Crippen LogP contribution >= 0.6 is 66.1 Å². The summed E-state index contributed by atoms with van der Waals surface area (Å²) in [4.78, 5) is 93.5. The van der Waals surface area contributed by atoms with Crippen molar-refractivity contribution in [3.8, 4) is 84.5 Å². The van der Waals surface area contributed by atoms with Crippen LogP contribution < -0.4 is 34.0 Å². The van der Waals surface area contributed by atoms with E-state index in [9.17, 15) is 19.2 Å². The van der Waals surface area contributed by atoms with Gasteiger partial charge < -0.3 is 51.9 Å². The number of hydrogen-bond acceptors (Lipinski definition) is 28. The first-order chi connectivity index (χ1) is 70.3. The van der Waals surface area contributed by atoms with Gasteiger partial charge in [0.2, 0.25) is 0 Å². The second kappa shape index (κ2) is 46.5. The van der Waals surface area contributed by atoms with Gasteiger partial charge in [0.25, 0.3) is 5.91 Å². The molecule has 0 bridgehead atoms. The van der Waals surface area contributed by atoms with Crippen molar-refractivity contribution in [2.24, 2.45) is 15.0 Å². The SMILES string of the molecule is Brc1ccc2c(c1)C=NC2.CC(C)(C)OC(=O)n1ncc2cc(Br)ccc21.COc1ccncc1-c1ccc2c(c1)C(c1ccnc(N3CCOCC3=O)c1)=NC2.COc1ccncc1-c1ccc2c(c1)C=NC2.COc1ccncc1-c1ccc2c(c1)c(-c1ccnc(Cl)c1)nn2C(=O)OC(C)(C)C.COc1ccncc1-c1ccc2c(c1)c(I)nn2C(=O)OC(C)(C)C.COc1ccncc1B1OC(C)(C)C(C)(C)O1. The summed E-state index contributed by atoms with van der Waals surface area (Å²) in [6.07, 6.45) is 24.6. The third-order valence-electron chi connectivity index (χ3n) is 23.6. The number of methoxy groups -OCH3 is 5. The Balaban J connectivity index is 0.000000132. The fourth-order valence-corrected chi connectivity index (χ4v) is 17.5. The van der Waals surface area contributed by atoms with E-state index in [1.807, 2.05) is 200 Å². The Bertz CT molecular complexity index is 7650. The number of carbonyl (C=O) groups is 4. The third-order valence-corrected chi connectivity index (χ3v) is 25.6. The summed E-state index contributed by atoms with van der Waals surface area (Å²) in [5, 5.41) is 15.8. The van der Waals surface area contributed by atoms with Crippen LogP contribution in [0.4, 0.5) is 20.2 Å². The largest absolute Gasteiger partial charge is 0.500 e. The minimum atomic E-state index is -0.654. The molecular weight excluding hydrogens is 2130 g/mol. The molecule has 2 saturated heterocycles. The number of aliphatic imine (C=N–C) groups is 3. The van der Waals surface area contributed by atoms with Crippen LogP contribution in [-0.2, 0) is 52.7 Å². The number of aromatic nitrogens is 13. The van der Waals surface area contributed by atoms with Gasteiger partial charge in [0.1, 0.15) is 72.5 Å². The van der Waals surface area contributed by atoms with Gasteiger partial charge >= 0.3 is 25.4 Å². The molecule has 1 amide bonds. The second-order valence-electron chi connectivity index (χ2n) is 37.7. The van der Waals surface area contributed by atoms with E-state index in [1.54, 1.807) is 139 Å². The molecule has 0 atom stereocenters. The number of amides is 1. The first kappa shape index (κ1) is 107. The van der Waals surface area contributed by atoms with E-state index in [-0.39, 0.29) is 23.7 Å². The summed E-state index contributed by atoms with van der Waals surface area (Å²) < 4.78 is 67.0. The Kier molecular flexibility index (Phi) is 33.8. The van der Waals surface area contributed by atoms with E-state index in [0.717, 1.165) is 148 Å². The van der Waals surface area contributed by atoms with Crippen molar-refractivity contribution >= 4 is 159 Å². The minimum Gasteiger partial charge on any atom is -0.497 e. The molecule has 6 aromatic carbocycles. The number of fused-ring (bicyclic) bond motifs is 6. The molecule has 0 saturated carbocycles. The summed E-state index contributed by atoms with van der Waals surface area (Å²) in [7, 11) is 7.77. The van der Waals surface area contributed by atoms with Gasteiger partial charge in [-0.2, -0.15) is 29.3 Å². The minimum absolute atomic E-state index is 0.0781. The number of pyridine rings is 7. The Morgan fingerprint density at radius 1 is 0.442 bits per heavy atom. The summed E-state index contributed by atoms with van der Waals surface area (Å²) in [6, 6.07) is 52.4. The molecule has 0 unspecified atom stereocenters. The lowest BCUT2D eigenvalue weighted by atomic mass is 9.79. The van der Waals surface area contributed by atoms with Crippen LogP contribution in [0.3, 0.4) is 0 Å². The van der Waals surface area contributed by atoms with Gasteiger partial charge in [0, 0.05) is 156 Å². The lowest BCUT2D eigenvalue weighted by molar-refractivity contribution is -0.125. The summed E-state index contributed by atoms with van der Waals surface area (Å²) in [6.45, 7) is 27.9. The Labute approximate surface area is 886 Å². The third kappa shape index (κ3) is 26.0. The van der Waals surface area contributed by atoms with Crippen molar-refractivity contribution in [1.82, 2.24) is 64.2 Å². The molecule has 37 heteroatoms. The van der Waals surface area contributed by atoms with E-state index >= 15 is 0 Å². The Morgan fingerprint density at radius 3 is 1.43 bits per heavy atom. The van der Waals surface area contributed by atoms with Gasteiger partial charge in [-0.15, -0.1) is 0 Å². The molecule has 0 aliphatic carbocycles. The number of rotatable bonds is 13. The zero-order valence-electron chi connectivity index (χ0n) is 84.3. The molecule has 2 fully saturated rings. The molecular formula is C110H108BBr2ClIN17O15. The normalized spacial score (nSPS) is 13.8. The highest BCUT2D eigenvalue weighted by Crippen LogP contribution is 2.42. The molecule has 21 rings (SSSR count). The van der Waals surface area contributed by atoms with Gasteiger partial charge in [-0.3, -0.25) is 49.6 Å². The van der Waals surface area contributed by atoms with Crippen molar-refractivity contribution in [3.63, 3.8) is 0 Å². The van der Waals surface area contributed by atoms with Gasteiger partial charge in [0.05, 0.1) is 108 Å². The molecule has 147 heavy (non-hydrogen) atoms. The van der Waals surface area contributed by atoms with Crippen LogP contribution in [-0.4, -0.2) is 197 Å². The van der Waals surface area contributed by atoms with E-state index in [1.165, 1.54) is 36.3 Å². The number of nitrogens with zero attached hydrogens (tertiary/aromatic N) is 17. The average molecular weight is 2240 g/mol. The smallest absolute Gasteiger partial charge is 0.497 e. The van der Waals surface area contributed by atoms with Crippen molar-refractivity contribution in [2.75, 3.05) is 60.2 Å². The fraction of sp³-hybridized carbons (Fsp3) is 0.264. The maximum Gasteiger partial charge on any atom is 0.500 e. The predicted octanol–water partition coefficient (Wildman–Crippen LogP) is 23.0. The maximum absolute atomic E-state index is 12.9. The summed E-state index contributed by atoms with van der Waals surface area (Å²) >= 11 is 15.0. The molecule has 754 valence electrons. The molecule has 0 spiro atoms. The Morgan fingerprint density at radius 2 is 0.891 bits per heavy atom. The maximum atomic E-state index is 12.9.